The summed E-state index contributed by atoms with van der Waals surface area (Å²) in [4.78, 5) is 25.0. The van der Waals surface area contributed by atoms with Gasteiger partial charge in [-0.25, -0.2) is 0 Å². The number of nitrogens with zero attached hydrogens (tertiary/aromatic N) is 1. The summed E-state index contributed by atoms with van der Waals surface area (Å²) in [6.07, 6.45) is 2.62. The van der Waals surface area contributed by atoms with E-state index in [4.69, 9.17) is 0 Å². The minimum atomic E-state index is 0.0546. The Labute approximate surface area is 83.6 Å². The molecule has 1 heterocycles. The molecule has 2 atom stereocenters. The summed E-state index contributed by atoms with van der Waals surface area (Å²) in [7, 11) is 1.83. The highest BCUT2D eigenvalue weighted by Crippen LogP contribution is 2.37. The van der Waals surface area contributed by atoms with Crippen molar-refractivity contribution in [2.75, 3.05) is 20.1 Å². The zero-order chi connectivity index (χ0) is 10.1. The Morgan fingerprint density at radius 2 is 1.86 bits per heavy atom. The number of carbonyl (C=O) groups excluding carboxylic acids is 2. The maximum Gasteiger partial charge on any atom is 0.232 e. The molecule has 78 valence electrons. The van der Waals surface area contributed by atoms with Crippen LogP contribution in [0.1, 0.15) is 19.3 Å². The molecule has 2 rings (SSSR count). The average molecular weight is 196 g/mol. The second kappa shape index (κ2) is 3.69. The molecule has 1 saturated carbocycles. The molecule has 2 amide bonds. The Hall–Kier alpha value is -0.900. The van der Waals surface area contributed by atoms with Gasteiger partial charge in [-0.05, 0) is 26.3 Å². The molecule has 2 bridgehead atoms. The van der Waals surface area contributed by atoms with Gasteiger partial charge in [-0.2, -0.15) is 0 Å². The fourth-order valence-corrected chi connectivity index (χ4v) is 2.42. The summed E-state index contributed by atoms with van der Waals surface area (Å²) in [6.45, 7) is 1.22. The van der Waals surface area contributed by atoms with Crippen molar-refractivity contribution in [2.24, 2.45) is 11.8 Å². The van der Waals surface area contributed by atoms with Gasteiger partial charge in [0.1, 0.15) is 0 Å². The topological polar surface area (TPSA) is 49.4 Å². The highest BCUT2D eigenvalue weighted by molar-refractivity contribution is 6.00. The van der Waals surface area contributed by atoms with Gasteiger partial charge in [-0.3, -0.25) is 14.5 Å². The monoisotopic (exact) mass is 196 g/mol. The molecule has 14 heavy (non-hydrogen) atoms. The van der Waals surface area contributed by atoms with Crippen molar-refractivity contribution in [3.05, 3.63) is 0 Å². The van der Waals surface area contributed by atoms with Crippen LogP contribution in [-0.4, -0.2) is 36.9 Å². The molecule has 1 N–H and O–H groups in total. The maximum atomic E-state index is 11.8. The third-order valence-corrected chi connectivity index (χ3v) is 3.25. The van der Waals surface area contributed by atoms with Crippen LogP contribution in [0.5, 0.6) is 0 Å². The maximum absolute atomic E-state index is 11.8. The predicted octanol–water partition coefficient (Wildman–Crippen LogP) is -0.00910. The first-order valence-corrected chi connectivity index (χ1v) is 5.24. The second-order valence-corrected chi connectivity index (χ2v) is 4.14. The molecule has 2 unspecified atom stereocenters. The number of likely N-dealkylation sites (tertiary alicyclic amines) is 1. The lowest BCUT2D eigenvalue weighted by molar-refractivity contribution is -0.152. The van der Waals surface area contributed by atoms with E-state index in [9.17, 15) is 9.59 Å². The molecule has 0 aromatic carbocycles. The van der Waals surface area contributed by atoms with Crippen LogP contribution >= 0.6 is 0 Å². The second-order valence-electron chi connectivity index (χ2n) is 4.14. The molecule has 0 spiro atoms. The molecule has 2 aliphatic rings. The van der Waals surface area contributed by atoms with E-state index in [1.807, 2.05) is 7.05 Å². The molecule has 0 radical (unpaired) electrons. The van der Waals surface area contributed by atoms with Gasteiger partial charge in [0.2, 0.25) is 11.8 Å². The van der Waals surface area contributed by atoms with Crippen LogP contribution in [0.4, 0.5) is 0 Å². The van der Waals surface area contributed by atoms with Crippen LogP contribution < -0.4 is 5.32 Å². The van der Waals surface area contributed by atoms with E-state index in [-0.39, 0.29) is 23.7 Å². The predicted molar refractivity (Wildman–Crippen MR) is 51.5 cm³/mol. The number of hydrogen-bond acceptors (Lipinski definition) is 3. The highest BCUT2D eigenvalue weighted by atomic mass is 16.2. The number of hydrogen-bond donors (Lipinski definition) is 1. The summed E-state index contributed by atoms with van der Waals surface area (Å²) in [5.74, 6) is 0.377. The number of likely N-dealkylation sites (N-methyl/N-ethyl adjacent to an activating group) is 1. The summed E-state index contributed by atoms with van der Waals surface area (Å²) < 4.78 is 0. The van der Waals surface area contributed by atoms with Crippen molar-refractivity contribution in [1.29, 1.82) is 0 Å². The van der Waals surface area contributed by atoms with Crippen molar-refractivity contribution in [1.82, 2.24) is 10.2 Å². The van der Waals surface area contributed by atoms with Crippen LogP contribution in [0.2, 0.25) is 0 Å². The molecular weight excluding hydrogens is 180 g/mol. The summed E-state index contributed by atoms with van der Waals surface area (Å²) in [6, 6.07) is 0. The van der Waals surface area contributed by atoms with E-state index in [2.05, 4.69) is 5.32 Å². The van der Waals surface area contributed by atoms with Crippen molar-refractivity contribution in [3.8, 4) is 0 Å². The third-order valence-electron chi connectivity index (χ3n) is 3.25. The number of carbonyl (C=O) groups is 2. The molecule has 0 aromatic heterocycles. The molecule has 1 saturated heterocycles. The van der Waals surface area contributed by atoms with Crippen LogP contribution in [0.25, 0.3) is 0 Å². The minimum absolute atomic E-state index is 0.0546. The van der Waals surface area contributed by atoms with Gasteiger partial charge in [0.05, 0.1) is 0 Å². The van der Waals surface area contributed by atoms with Crippen LogP contribution in [0.3, 0.4) is 0 Å². The smallest absolute Gasteiger partial charge is 0.232 e. The van der Waals surface area contributed by atoms with E-state index in [1.54, 1.807) is 0 Å². The quantitative estimate of drug-likeness (QED) is 0.646. The lowest BCUT2D eigenvalue weighted by atomic mass is 9.97. The van der Waals surface area contributed by atoms with E-state index in [1.165, 1.54) is 4.90 Å². The van der Waals surface area contributed by atoms with Gasteiger partial charge >= 0.3 is 0 Å². The number of fused-ring (bicyclic) bond motifs is 2. The van der Waals surface area contributed by atoms with Crippen molar-refractivity contribution in [3.63, 3.8) is 0 Å². The standard InChI is InChI=1S/C10H16N2O2/c1-11-4-5-12-9(13)7-2-3-8(6-7)10(12)14/h7-8,11H,2-6H2,1H3. The molecule has 4 nitrogen and oxygen atoms in total. The van der Waals surface area contributed by atoms with E-state index in [0.717, 1.165) is 19.3 Å². The summed E-state index contributed by atoms with van der Waals surface area (Å²) in [5, 5.41) is 2.96. The fourth-order valence-electron chi connectivity index (χ4n) is 2.42. The molecule has 0 aromatic rings. The largest absolute Gasteiger partial charge is 0.318 e. The zero-order valence-electron chi connectivity index (χ0n) is 8.45. The van der Waals surface area contributed by atoms with Crippen molar-refractivity contribution < 1.29 is 9.59 Å². The molecule has 4 heteroatoms. The Kier molecular flexibility index (Phi) is 2.54. The Morgan fingerprint density at radius 1 is 1.29 bits per heavy atom. The normalized spacial score (nSPS) is 31.4. The van der Waals surface area contributed by atoms with E-state index in [0.29, 0.717) is 13.1 Å². The van der Waals surface area contributed by atoms with Crippen molar-refractivity contribution in [2.45, 2.75) is 19.3 Å². The Morgan fingerprint density at radius 3 is 2.36 bits per heavy atom. The fraction of sp³-hybridized carbons (Fsp3) is 0.800. The SMILES string of the molecule is CNCCN1C(=O)C2CCC(C2)C1=O. The number of rotatable bonds is 3. The number of amides is 2. The number of piperidine rings is 1. The van der Waals surface area contributed by atoms with E-state index < -0.39 is 0 Å². The van der Waals surface area contributed by atoms with Gasteiger partial charge < -0.3 is 5.32 Å². The van der Waals surface area contributed by atoms with Gasteiger partial charge in [-0.1, -0.05) is 0 Å². The summed E-state index contributed by atoms with van der Waals surface area (Å²) in [5.41, 5.74) is 0. The van der Waals surface area contributed by atoms with Gasteiger partial charge in [0.15, 0.2) is 0 Å². The number of nitrogens with one attached hydrogen (secondary N) is 1. The Bertz CT molecular complexity index is 243. The average Bonchev–Trinajstić information content (AvgIpc) is 2.62. The minimum Gasteiger partial charge on any atom is -0.318 e. The lowest BCUT2D eigenvalue weighted by Gasteiger charge is -2.29. The Balaban J connectivity index is 2.07. The zero-order valence-corrected chi connectivity index (χ0v) is 8.45. The molecule has 1 aliphatic heterocycles. The summed E-state index contributed by atoms with van der Waals surface area (Å²) >= 11 is 0. The van der Waals surface area contributed by atoms with Crippen molar-refractivity contribution >= 4 is 11.8 Å². The van der Waals surface area contributed by atoms with Gasteiger partial charge in [0, 0.05) is 24.9 Å². The molecule has 1 aliphatic carbocycles. The first-order valence-electron chi connectivity index (χ1n) is 5.24. The van der Waals surface area contributed by atoms with Gasteiger partial charge in [-0.15, -0.1) is 0 Å². The van der Waals surface area contributed by atoms with Crippen LogP contribution in [0, 0.1) is 11.8 Å². The molecule has 2 fully saturated rings. The van der Waals surface area contributed by atoms with E-state index >= 15 is 0 Å². The first-order chi connectivity index (χ1) is 6.74. The first kappa shape index (κ1) is 9.65. The van der Waals surface area contributed by atoms with Crippen LogP contribution in [0.15, 0.2) is 0 Å². The molecular formula is C10H16N2O2. The highest BCUT2D eigenvalue weighted by Gasteiger charge is 2.44. The van der Waals surface area contributed by atoms with Gasteiger partial charge in [0.25, 0.3) is 0 Å². The third kappa shape index (κ3) is 1.43. The number of imide groups is 1. The van der Waals surface area contributed by atoms with Crippen LogP contribution in [-0.2, 0) is 9.59 Å². The lowest BCUT2D eigenvalue weighted by Crippen LogP contribution is -2.48.